The van der Waals surface area contributed by atoms with Crippen LogP contribution in [0, 0.1) is 15.9 Å². The van der Waals surface area contributed by atoms with Crippen molar-refractivity contribution in [1.29, 1.82) is 0 Å². The summed E-state index contributed by atoms with van der Waals surface area (Å²) in [7, 11) is 1.50. The van der Waals surface area contributed by atoms with Crippen molar-refractivity contribution >= 4 is 17.3 Å². The number of hydrogen-bond donors (Lipinski definition) is 0. The van der Waals surface area contributed by atoms with Gasteiger partial charge in [-0.2, -0.15) is 0 Å². The molecule has 18 heavy (non-hydrogen) atoms. The first-order valence-corrected chi connectivity index (χ1v) is 5.26. The number of non-ortho nitro benzene ring substituents is 1. The second-order valence-electron chi connectivity index (χ2n) is 3.55. The summed E-state index contributed by atoms with van der Waals surface area (Å²) in [5.41, 5.74) is -0.227. The first-order valence-electron chi connectivity index (χ1n) is 5.26. The molecule has 0 heterocycles. The molecule has 0 saturated carbocycles. The number of esters is 1. The molecule has 0 atom stereocenters. The molecule has 6 nitrogen and oxygen atoms in total. The molecule has 0 aliphatic carbocycles. The first-order chi connectivity index (χ1) is 8.45. The number of nitro benzene ring substituents is 1. The summed E-state index contributed by atoms with van der Waals surface area (Å²) >= 11 is 0. The molecule has 0 aliphatic rings. The van der Waals surface area contributed by atoms with Crippen molar-refractivity contribution in [3.05, 3.63) is 34.1 Å². The molecule has 0 aromatic heterocycles. The Bertz CT molecular complexity index is 464. The Hall–Kier alpha value is -2.18. The molecule has 1 rings (SSSR count). The van der Waals surface area contributed by atoms with Crippen molar-refractivity contribution in [2.45, 2.75) is 6.92 Å². The quantitative estimate of drug-likeness (QED) is 0.455. The largest absolute Gasteiger partial charge is 0.465 e. The maximum absolute atomic E-state index is 13.6. The number of nitrogens with zero attached hydrogens (tertiary/aromatic N) is 2. The lowest BCUT2D eigenvalue weighted by Crippen LogP contribution is -2.27. The second kappa shape index (κ2) is 5.95. The zero-order chi connectivity index (χ0) is 13.7. The van der Waals surface area contributed by atoms with Crippen LogP contribution in [0.25, 0.3) is 0 Å². The maximum atomic E-state index is 13.6. The molecule has 1 aromatic rings. The number of benzene rings is 1. The van der Waals surface area contributed by atoms with Crippen LogP contribution in [-0.2, 0) is 9.53 Å². The summed E-state index contributed by atoms with van der Waals surface area (Å²) in [5.74, 6) is -1.24. The fourth-order valence-corrected chi connectivity index (χ4v) is 1.40. The smallest absolute Gasteiger partial charge is 0.325 e. The van der Waals surface area contributed by atoms with Gasteiger partial charge < -0.3 is 9.64 Å². The number of halogens is 1. The maximum Gasteiger partial charge on any atom is 0.325 e. The predicted molar refractivity (Wildman–Crippen MR) is 63.0 cm³/mol. The molecule has 0 N–H and O–H groups in total. The number of rotatable bonds is 5. The van der Waals surface area contributed by atoms with E-state index in [1.807, 2.05) is 0 Å². The van der Waals surface area contributed by atoms with Gasteiger partial charge in [0, 0.05) is 13.1 Å². The van der Waals surface area contributed by atoms with E-state index in [9.17, 15) is 19.3 Å². The number of carbonyl (C=O) groups is 1. The van der Waals surface area contributed by atoms with Crippen LogP contribution in [0.2, 0.25) is 0 Å². The zero-order valence-corrected chi connectivity index (χ0v) is 10.1. The summed E-state index contributed by atoms with van der Waals surface area (Å²) in [6.07, 6.45) is 0. The van der Waals surface area contributed by atoms with Gasteiger partial charge in [-0.1, -0.05) is 0 Å². The SMILES string of the molecule is CCOC(=O)CN(C)c1ccc([N+](=O)[O-])cc1F. The van der Waals surface area contributed by atoms with Gasteiger partial charge in [0.2, 0.25) is 0 Å². The molecule has 0 saturated heterocycles. The Balaban J connectivity index is 2.83. The van der Waals surface area contributed by atoms with Crippen LogP contribution in [0.1, 0.15) is 6.92 Å². The first kappa shape index (κ1) is 13.9. The molecule has 98 valence electrons. The molecule has 7 heteroatoms. The standard InChI is InChI=1S/C11H13FN2O4/c1-3-18-11(15)7-13(2)10-5-4-8(14(16)17)6-9(10)12/h4-6H,3,7H2,1-2H3. The topological polar surface area (TPSA) is 72.7 Å². The van der Waals surface area contributed by atoms with E-state index in [1.54, 1.807) is 6.92 Å². The molecule has 0 radical (unpaired) electrons. The van der Waals surface area contributed by atoms with Crippen molar-refractivity contribution in [3.8, 4) is 0 Å². The summed E-state index contributed by atoms with van der Waals surface area (Å²) in [6, 6.07) is 3.25. The monoisotopic (exact) mass is 256 g/mol. The van der Waals surface area contributed by atoms with Crippen molar-refractivity contribution in [1.82, 2.24) is 0 Å². The molecule has 1 aromatic carbocycles. The number of ether oxygens (including phenoxy) is 1. The minimum Gasteiger partial charge on any atom is -0.465 e. The fourth-order valence-electron chi connectivity index (χ4n) is 1.40. The fraction of sp³-hybridized carbons (Fsp3) is 0.364. The van der Waals surface area contributed by atoms with E-state index in [0.29, 0.717) is 0 Å². The van der Waals surface area contributed by atoms with Crippen molar-refractivity contribution < 1.29 is 18.8 Å². The van der Waals surface area contributed by atoms with Crippen LogP contribution in [0.15, 0.2) is 18.2 Å². The van der Waals surface area contributed by atoms with E-state index < -0.39 is 16.7 Å². The molecule has 0 spiro atoms. The molecule has 0 unspecified atom stereocenters. The van der Waals surface area contributed by atoms with Crippen LogP contribution in [0.5, 0.6) is 0 Å². The molecule has 0 bridgehead atoms. The molecular weight excluding hydrogens is 243 g/mol. The number of hydrogen-bond acceptors (Lipinski definition) is 5. The normalized spacial score (nSPS) is 9.94. The number of nitro groups is 1. The molecular formula is C11H13FN2O4. The van der Waals surface area contributed by atoms with E-state index in [-0.39, 0.29) is 24.5 Å². The van der Waals surface area contributed by atoms with Gasteiger partial charge >= 0.3 is 5.97 Å². The van der Waals surface area contributed by atoms with Gasteiger partial charge in [-0.05, 0) is 13.0 Å². The van der Waals surface area contributed by atoms with Crippen LogP contribution >= 0.6 is 0 Å². The van der Waals surface area contributed by atoms with Gasteiger partial charge in [-0.15, -0.1) is 0 Å². The van der Waals surface area contributed by atoms with E-state index in [1.165, 1.54) is 24.1 Å². The van der Waals surface area contributed by atoms with E-state index in [4.69, 9.17) is 4.74 Å². The third-order valence-corrected chi connectivity index (χ3v) is 2.22. The Morgan fingerprint density at radius 3 is 2.72 bits per heavy atom. The van der Waals surface area contributed by atoms with Gasteiger partial charge in [-0.3, -0.25) is 14.9 Å². The van der Waals surface area contributed by atoms with Crippen LogP contribution in [0.3, 0.4) is 0 Å². The van der Waals surface area contributed by atoms with Crippen molar-refractivity contribution in [2.24, 2.45) is 0 Å². The predicted octanol–water partition coefficient (Wildman–Crippen LogP) is 1.73. The number of carbonyl (C=O) groups excluding carboxylic acids is 1. The van der Waals surface area contributed by atoms with Gasteiger partial charge in [0.05, 0.1) is 23.3 Å². The third kappa shape index (κ3) is 3.41. The lowest BCUT2D eigenvalue weighted by molar-refractivity contribution is -0.385. The highest BCUT2D eigenvalue weighted by Gasteiger charge is 2.15. The third-order valence-electron chi connectivity index (χ3n) is 2.22. The highest BCUT2D eigenvalue weighted by Crippen LogP contribution is 2.22. The number of likely N-dealkylation sites (N-methyl/N-ethyl adjacent to an activating group) is 1. The van der Waals surface area contributed by atoms with Gasteiger partial charge in [-0.25, -0.2) is 4.39 Å². The summed E-state index contributed by atoms with van der Waals surface area (Å²) in [6.45, 7) is 1.79. The van der Waals surface area contributed by atoms with E-state index in [2.05, 4.69) is 0 Å². The summed E-state index contributed by atoms with van der Waals surface area (Å²) < 4.78 is 18.3. The van der Waals surface area contributed by atoms with Crippen molar-refractivity contribution in [3.63, 3.8) is 0 Å². The Morgan fingerprint density at radius 1 is 1.56 bits per heavy atom. The zero-order valence-electron chi connectivity index (χ0n) is 10.1. The summed E-state index contributed by atoms with van der Waals surface area (Å²) in [5, 5.41) is 10.4. The Kier molecular flexibility index (Phi) is 4.59. The summed E-state index contributed by atoms with van der Waals surface area (Å²) in [4.78, 5) is 22.3. The molecule has 0 amide bonds. The Morgan fingerprint density at radius 2 is 2.22 bits per heavy atom. The van der Waals surface area contributed by atoms with Gasteiger partial charge in [0.25, 0.3) is 5.69 Å². The lowest BCUT2D eigenvalue weighted by atomic mass is 10.2. The average molecular weight is 256 g/mol. The second-order valence-corrected chi connectivity index (χ2v) is 3.55. The minimum atomic E-state index is -0.754. The molecule has 0 fully saturated rings. The van der Waals surface area contributed by atoms with Crippen LogP contribution in [0.4, 0.5) is 15.8 Å². The van der Waals surface area contributed by atoms with Crippen LogP contribution < -0.4 is 4.90 Å². The highest BCUT2D eigenvalue weighted by atomic mass is 19.1. The van der Waals surface area contributed by atoms with Gasteiger partial charge in [0.15, 0.2) is 5.82 Å². The van der Waals surface area contributed by atoms with Crippen LogP contribution in [-0.4, -0.2) is 31.1 Å². The Labute approximate surface area is 103 Å². The lowest BCUT2D eigenvalue weighted by Gasteiger charge is -2.18. The van der Waals surface area contributed by atoms with E-state index >= 15 is 0 Å². The van der Waals surface area contributed by atoms with Crippen molar-refractivity contribution in [2.75, 3.05) is 25.1 Å². The minimum absolute atomic E-state index is 0.105. The molecule has 0 aliphatic heterocycles. The highest BCUT2D eigenvalue weighted by molar-refractivity contribution is 5.75. The average Bonchev–Trinajstić information content (AvgIpc) is 2.28. The van der Waals surface area contributed by atoms with E-state index in [0.717, 1.165) is 6.07 Å². The van der Waals surface area contributed by atoms with Gasteiger partial charge in [0.1, 0.15) is 6.54 Å². The number of anilines is 1.